The molecule has 0 amide bonds. The normalized spacial score (nSPS) is 11.4. The third-order valence-corrected chi connectivity index (χ3v) is 6.18. The molecule has 2 aromatic carbocycles. The standard InChI is InChI=1S/C23H15ClN2O3S/c1-13-2-7-17-15(9-20(27)29-19(17)8-13)10-26-12-25-22-21(23(26)28)18(11-30-22)14-3-5-16(24)6-4-14/h2-9,11-12H,10H2,1H3. The molecule has 0 N–H and O–H groups in total. The molecule has 0 aliphatic carbocycles. The molecule has 0 unspecified atom stereocenters. The van der Waals surface area contributed by atoms with Gasteiger partial charge in [0.2, 0.25) is 0 Å². The van der Waals surface area contributed by atoms with E-state index in [1.165, 1.54) is 28.3 Å². The molecular weight excluding hydrogens is 420 g/mol. The number of aromatic nitrogens is 2. The molecular formula is C23H15ClN2O3S. The van der Waals surface area contributed by atoms with Gasteiger partial charge in [-0.15, -0.1) is 11.3 Å². The molecule has 0 aliphatic heterocycles. The van der Waals surface area contributed by atoms with Gasteiger partial charge >= 0.3 is 5.63 Å². The second-order valence-corrected chi connectivity index (χ2v) is 8.40. The highest BCUT2D eigenvalue weighted by atomic mass is 35.5. The maximum atomic E-state index is 13.3. The van der Waals surface area contributed by atoms with Gasteiger partial charge in [0.15, 0.2) is 0 Å². The van der Waals surface area contributed by atoms with E-state index in [1.807, 2.05) is 42.6 Å². The number of fused-ring (bicyclic) bond motifs is 2. The summed E-state index contributed by atoms with van der Waals surface area (Å²) in [6.07, 6.45) is 1.53. The molecule has 0 saturated heterocycles. The van der Waals surface area contributed by atoms with Gasteiger partial charge in [-0.3, -0.25) is 9.36 Å². The van der Waals surface area contributed by atoms with Crippen molar-refractivity contribution in [2.75, 3.05) is 0 Å². The van der Waals surface area contributed by atoms with Crippen LogP contribution in [0.15, 0.2) is 74.2 Å². The van der Waals surface area contributed by atoms with Crippen molar-refractivity contribution in [1.82, 2.24) is 9.55 Å². The van der Waals surface area contributed by atoms with E-state index < -0.39 is 5.63 Å². The molecule has 3 heterocycles. The fourth-order valence-corrected chi connectivity index (χ4v) is 4.61. The lowest BCUT2D eigenvalue weighted by molar-refractivity contribution is 0.557. The summed E-state index contributed by atoms with van der Waals surface area (Å²) in [7, 11) is 0. The van der Waals surface area contributed by atoms with Crippen LogP contribution in [0.5, 0.6) is 0 Å². The van der Waals surface area contributed by atoms with Crippen molar-refractivity contribution in [3.8, 4) is 11.1 Å². The SMILES string of the molecule is Cc1ccc2c(Cn3cnc4scc(-c5ccc(Cl)cc5)c4c3=O)cc(=O)oc2c1. The number of benzene rings is 2. The molecule has 0 radical (unpaired) electrons. The van der Waals surface area contributed by atoms with Gasteiger partial charge in [-0.1, -0.05) is 35.9 Å². The Kier molecular flexibility index (Phi) is 4.53. The van der Waals surface area contributed by atoms with Gasteiger partial charge < -0.3 is 4.42 Å². The lowest BCUT2D eigenvalue weighted by atomic mass is 10.1. The highest BCUT2D eigenvalue weighted by Crippen LogP contribution is 2.31. The Bertz CT molecular complexity index is 1530. The molecule has 7 heteroatoms. The Labute approximate surface area is 179 Å². The molecule has 5 nitrogen and oxygen atoms in total. The van der Waals surface area contributed by atoms with E-state index in [9.17, 15) is 9.59 Å². The van der Waals surface area contributed by atoms with Crippen LogP contribution in [-0.4, -0.2) is 9.55 Å². The number of nitrogens with zero attached hydrogens (tertiary/aromatic N) is 2. The van der Waals surface area contributed by atoms with Crippen LogP contribution in [0.2, 0.25) is 5.02 Å². The van der Waals surface area contributed by atoms with Crippen LogP contribution in [0.25, 0.3) is 32.3 Å². The first-order valence-corrected chi connectivity index (χ1v) is 10.5. The molecule has 0 spiro atoms. The van der Waals surface area contributed by atoms with Gasteiger partial charge in [0, 0.05) is 27.4 Å². The first-order chi connectivity index (χ1) is 14.5. The predicted molar refractivity (Wildman–Crippen MR) is 121 cm³/mol. The minimum absolute atomic E-state index is 0.153. The van der Waals surface area contributed by atoms with Crippen molar-refractivity contribution in [2.24, 2.45) is 0 Å². The quantitative estimate of drug-likeness (QED) is 0.364. The van der Waals surface area contributed by atoms with Crippen molar-refractivity contribution in [2.45, 2.75) is 13.5 Å². The minimum atomic E-state index is -0.442. The Morgan fingerprint density at radius 1 is 1.10 bits per heavy atom. The number of hydrogen-bond donors (Lipinski definition) is 0. The first-order valence-electron chi connectivity index (χ1n) is 9.25. The van der Waals surface area contributed by atoms with Crippen LogP contribution in [0, 0.1) is 6.92 Å². The minimum Gasteiger partial charge on any atom is -0.423 e. The van der Waals surface area contributed by atoms with E-state index in [1.54, 1.807) is 12.1 Å². The van der Waals surface area contributed by atoms with E-state index in [0.717, 1.165) is 22.1 Å². The lowest BCUT2D eigenvalue weighted by Gasteiger charge is -2.09. The number of hydrogen-bond acceptors (Lipinski definition) is 5. The van der Waals surface area contributed by atoms with Gasteiger partial charge in [0.1, 0.15) is 10.4 Å². The summed E-state index contributed by atoms with van der Waals surface area (Å²) < 4.78 is 6.86. The summed E-state index contributed by atoms with van der Waals surface area (Å²) in [5.74, 6) is 0. The Morgan fingerprint density at radius 2 is 1.90 bits per heavy atom. The van der Waals surface area contributed by atoms with Gasteiger partial charge in [-0.2, -0.15) is 0 Å². The van der Waals surface area contributed by atoms with E-state index >= 15 is 0 Å². The fourth-order valence-electron chi connectivity index (χ4n) is 3.57. The molecule has 0 bridgehead atoms. The smallest absolute Gasteiger partial charge is 0.336 e. The lowest BCUT2D eigenvalue weighted by Crippen LogP contribution is -2.21. The fraction of sp³-hybridized carbons (Fsp3) is 0.0870. The summed E-state index contributed by atoms with van der Waals surface area (Å²) in [6.45, 7) is 2.16. The van der Waals surface area contributed by atoms with Crippen LogP contribution >= 0.6 is 22.9 Å². The van der Waals surface area contributed by atoms with E-state index in [2.05, 4.69) is 4.98 Å². The molecule has 0 fully saturated rings. The Morgan fingerprint density at radius 3 is 2.70 bits per heavy atom. The van der Waals surface area contributed by atoms with Crippen LogP contribution in [0.3, 0.4) is 0 Å². The molecule has 0 saturated carbocycles. The van der Waals surface area contributed by atoms with Crippen molar-refractivity contribution in [3.05, 3.63) is 97.2 Å². The third kappa shape index (κ3) is 3.24. The number of aryl methyl sites for hydroxylation is 1. The highest BCUT2D eigenvalue weighted by molar-refractivity contribution is 7.17. The Balaban J connectivity index is 1.66. The highest BCUT2D eigenvalue weighted by Gasteiger charge is 2.15. The molecule has 30 heavy (non-hydrogen) atoms. The van der Waals surface area contributed by atoms with Crippen LogP contribution in [0.1, 0.15) is 11.1 Å². The molecule has 3 aromatic heterocycles. The molecule has 0 aliphatic rings. The summed E-state index contributed by atoms with van der Waals surface area (Å²) in [5.41, 5.74) is 3.36. The molecule has 148 valence electrons. The average molecular weight is 435 g/mol. The summed E-state index contributed by atoms with van der Waals surface area (Å²) in [6, 6.07) is 14.5. The van der Waals surface area contributed by atoms with Crippen molar-refractivity contribution >= 4 is 44.1 Å². The van der Waals surface area contributed by atoms with Crippen molar-refractivity contribution in [1.29, 1.82) is 0 Å². The largest absolute Gasteiger partial charge is 0.423 e. The monoisotopic (exact) mass is 434 g/mol. The Hall–Kier alpha value is -3.22. The second kappa shape index (κ2) is 7.23. The zero-order valence-corrected chi connectivity index (χ0v) is 17.5. The molecule has 0 atom stereocenters. The molecule has 5 rings (SSSR count). The van der Waals surface area contributed by atoms with Crippen LogP contribution in [0.4, 0.5) is 0 Å². The molecule has 5 aromatic rings. The van der Waals surface area contributed by atoms with Crippen LogP contribution < -0.4 is 11.2 Å². The summed E-state index contributed by atoms with van der Waals surface area (Å²) in [4.78, 5) is 30.5. The maximum absolute atomic E-state index is 13.3. The van der Waals surface area contributed by atoms with Crippen LogP contribution in [-0.2, 0) is 6.54 Å². The predicted octanol–water partition coefficient (Wildman–Crippen LogP) is 5.24. The van der Waals surface area contributed by atoms with E-state index in [0.29, 0.717) is 26.4 Å². The van der Waals surface area contributed by atoms with Crippen molar-refractivity contribution < 1.29 is 4.42 Å². The van der Waals surface area contributed by atoms with Gasteiger partial charge in [0.05, 0.1) is 18.3 Å². The number of thiophene rings is 1. The maximum Gasteiger partial charge on any atom is 0.336 e. The van der Waals surface area contributed by atoms with Gasteiger partial charge in [0.25, 0.3) is 5.56 Å². The zero-order valence-electron chi connectivity index (χ0n) is 15.9. The third-order valence-electron chi connectivity index (χ3n) is 5.04. The summed E-state index contributed by atoms with van der Waals surface area (Å²) in [5, 5.41) is 3.93. The summed E-state index contributed by atoms with van der Waals surface area (Å²) >= 11 is 7.43. The first kappa shape index (κ1) is 18.8. The van der Waals surface area contributed by atoms with Gasteiger partial charge in [-0.05, 0) is 41.8 Å². The number of halogens is 1. The van der Waals surface area contributed by atoms with E-state index in [4.69, 9.17) is 16.0 Å². The second-order valence-electron chi connectivity index (χ2n) is 7.10. The zero-order chi connectivity index (χ0) is 20.8. The number of rotatable bonds is 3. The van der Waals surface area contributed by atoms with Gasteiger partial charge in [-0.25, -0.2) is 9.78 Å². The van der Waals surface area contributed by atoms with E-state index in [-0.39, 0.29) is 12.1 Å². The average Bonchev–Trinajstić information content (AvgIpc) is 3.15. The van der Waals surface area contributed by atoms with Crippen molar-refractivity contribution in [3.63, 3.8) is 0 Å². The topological polar surface area (TPSA) is 65.1 Å².